The van der Waals surface area contributed by atoms with Crippen molar-refractivity contribution in [2.75, 3.05) is 6.61 Å². The van der Waals surface area contributed by atoms with Gasteiger partial charge in [0.2, 0.25) is 0 Å². The van der Waals surface area contributed by atoms with Gasteiger partial charge in [-0.2, -0.15) is 0 Å². The summed E-state index contributed by atoms with van der Waals surface area (Å²) < 4.78 is 0. The van der Waals surface area contributed by atoms with E-state index >= 15 is 0 Å². The van der Waals surface area contributed by atoms with Gasteiger partial charge < -0.3 is 10.4 Å². The molecule has 0 aliphatic heterocycles. The Balaban J connectivity index is 2.10. The van der Waals surface area contributed by atoms with Gasteiger partial charge in [0.1, 0.15) is 0 Å². The lowest BCUT2D eigenvalue weighted by molar-refractivity contribution is -0.384. The first-order valence-corrected chi connectivity index (χ1v) is 7.78. The highest BCUT2D eigenvalue weighted by molar-refractivity contribution is 5.34. The van der Waals surface area contributed by atoms with Crippen molar-refractivity contribution < 1.29 is 10.0 Å². The Hall–Kier alpha value is -2.24. The second-order valence-corrected chi connectivity index (χ2v) is 5.57. The highest BCUT2D eigenvalue weighted by Gasteiger charge is 2.16. The van der Waals surface area contributed by atoms with Crippen LogP contribution in [0, 0.1) is 10.1 Å². The summed E-state index contributed by atoms with van der Waals surface area (Å²) in [7, 11) is 0. The average Bonchev–Trinajstić information content (AvgIpc) is 2.59. The second-order valence-electron chi connectivity index (χ2n) is 5.57. The molecule has 2 rings (SSSR count). The van der Waals surface area contributed by atoms with E-state index in [2.05, 4.69) is 17.4 Å². The van der Waals surface area contributed by atoms with Crippen LogP contribution in [0.1, 0.15) is 43.0 Å². The Morgan fingerprint density at radius 2 is 1.74 bits per heavy atom. The van der Waals surface area contributed by atoms with Gasteiger partial charge in [0.25, 0.3) is 5.69 Å². The maximum Gasteiger partial charge on any atom is 0.269 e. The monoisotopic (exact) mass is 314 g/mol. The van der Waals surface area contributed by atoms with Crippen LogP contribution in [-0.2, 0) is 0 Å². The minimum Gasteiger partial charge on any atom is -0.396 e. The van der Waals surface area contributed by atoms with E-state index in [-0.39, 0.29) is 24.4 Å². The Morgan fingerprint density at radius 3 is 2.30 bits per heavy atom. The summed E-state index contributed by atoms with van der Waals surface area (Å²) in [6.45, 7) is 2.20. The van der Waals surface area contributed by atoms with Crippen LogP contribution in [0.4, 0.5) is 5.69 Å². The molecule has 0 saturated carbocycles. The van der Waals surface area contributed by atoms with Crippen molar-refractivity contribution in [2.45, 2.75) is 31.8 Å². The zero-order chi connectivity index (χ0) is 16.7. The van der Waals surface area contributed by atoms with Crippen molar-refractivity contribution in [3.8, 4) is 0 Å². The molecule has 0 heterocycles. The van der Waals surface area contributed by atoms with Gasteiger partial charge in [-0.25, -0.2) is 0 Å². The van der Waals surface area contributed by atoms with Crippen molar-refractivity contribution in [3.05, 3.63) is 75.8 Å². The maximum absolute atomic E-state index is 10.7. The van der Waals surface area contributed by atoms with E-state index in [1.807, 2.05) is 25.1 Å². The van der Waals surface area contributed by atoms with Gasteiger partial charge in [-0.3, -0.25) is 10.1 Å². The molecule has 122 valence electrons. The number of nitrogens with zero attached hydrogens (tertiary/aromatic N) is 1. The molecule has 0 bridgehead atoms. The fraction of sp³-hybridized carbons (Fsp3) is 0.333. The molecule has 2 N–H and O–H groups in total. The van der Waals surface area contributed by atoms with Gasteiger partial charge in [-0.15, -0.1) is 0 Å². The molecule has 0 spiro atoms. The highest BCUT2D eigenvalue weighted by Crippen LogP contribution is 2.24. The third-order valence-corrected chi connectivity index (χ3v) is 3.91. The van der Waals surface area contributed by atoms with Crippen LogP contribution in [0.15, 0.2) is 54.6 Å². The minimum atomic E-state index is -0.393. The topological polar surface area (TPSA) is 75.4 Å². The van der Waals surface area contributed by atoms with Crippen molar-refractivity contribution in [1.82, 2.24) is 5.32 Å². The third kappa shape index (κ3) is 4.87. The van der Waals surface area contributed by atoms with E-state index in [0.29, 0.717) is 0 Å². The predicted molar refractivity (Wildman–Crippen MR) is 90.1 cm³/mol. The van der Waals surface area contributed by atoms with E-state index in [1.54, 1.807) is 12.1 Å². The first-order valence-electron chi connectivity index (χ1n) is 7.78. The van der Waals surface area contributed by atoms with Crippen LogP contribution in [0.2, 0.25) is 0 Å². The molecule has 2 aromatic rings. The minimum absolute atomic E-state index is 0.0553. The number of nitrogens with one attached hydrogen (secondary N) is 1. The summed E-state index contributed by atoms with van der Waals surface area (Å²) in [4.78, 5) is 10.3. The summed E-state index contributed by atoms with van der Waals surface area (Å²) >= 11 is 0. The van der Waals surface area contributed by atoms with Crippen molar-refractivity contribution in [2.24, 2.45) is 0 Å². The molecule has 2 unspecified atom stereocenters. The molecule has 0 aromatic heterocycles. The molecule has 0 aliphatic rings. The summed E-state index contributed by atoms with van der Waals surface area (Å²) in [5.74, 6) is 0. The lowest BCUT2D eigenvalue weighted by Crippen LogP contribution is -2.25. The van der Waals surface area contributed by atoms with Gasteiger partial charge in [0, 0.05) is 30.8 Å². The van der Waals surface area contributed by atoms with Crippen LogP contribution in [0.25, 0.3) is 0 Å². The van der Waals surface area contributed by atoms with Gasteiger partial charge in [-0.05, 0) is 30.9 Å². The number of hydrogen-bond acceptors (Lipinski definition) is 4. The van der Waals surface area contributed by atoms with Crippen molar-refractivity contribution in [3.63, 3.8) is 0 Å². The first kappa shape index (κ1) is 17.1. The predicted octanol–water partition coefficient (Wildman–Crippen LogP) is 3.76. The van der Waals surface area contributed by atoms with E-state index in [4.69, 9.17) is 5.11 Å². The molecular weight excluding hydrogens is 292 g/mol. The molecule has 2 atom stereocenters. The van der Waals surface area contributed by atoms with Crippen LogP contribution in [0.5, 0.6) is 0 Å². The summed E-state index contributed by atoms with van der Waals surface area (Å²) in [5, 5.41) is 23.4. The average molecular weight is 314 g/mol. The van der Waals surface area contributed by atoms with Gasteiger partial charge in [0.05, 0.1) is 4.92 Å². The molecule has 5 nitrogen and oxygen atoms in total. The normalized spacial score (nSPS) is 13.5. The lowest BCUT2D eigenvalue weighted by atomic mass is 9.99. The Labute approximate surface area is 136 Å². The Bertz CT molecular complexity index is 614. The first-order chi connectivity index (χ1) is 11.1. The molecule has 0 fully saturated rings. The summed E-state index contributed by atoms with van der Waals surface area (Å²) in [6.07, 6.45) is 1.55. The van der Waals surface area contributed by atoms with Gasteiger partial charge in [0.15, 0.2) is 0 Å². The van der Waals surface area contributed by atoms with Gasteiger partial charge >= 0.3 is 0 Å². The van der Waals surface area contributed by atoms with Gasteiger partial charge in [-0.1, -0.05) is 42.5 Å². The number of hydrogen-bond donors (Lipinski definition) is 2. The number of aliphatic hydroxyl groups is 1. The second kappa shape index (κ2) is 8.41. The number of benzene rings is 2. The fourth-order valence-corrected chi connectivity index (χ4v) is 2.61. The third-order valence-electron chi connectivity index (χ3n) is 3.91. The molecule has 23 heavy (non-hydrogen) atoms. The lowest BCUT2D eigenvalue weighted by Gasteiger charge is -2.24. The van der Waals surface area contributed by atoms with E-state index in [0.717, 1.165) is 18.4 Å². The SMILES string of the molecule is CC(NC(CCCO)c1ccccc1)c1ccc([N+](=O)[O-])cc1. The van der Waals surface area contributed by atoms with Crippen LogP contribution >= 0.6 is 0 Å². The van der Waals surface area contributed by atoms with E-state index in [1.165, 1.54) is 17.7 Å². The molecular formula is C18H22N2O3. The fourth-order valence-electron chi connectivity index (χ4n) is 2.61. The Morgan fingerprint density at radius 1 is 1.09 bits per heavy atom. The number of non-ortho nitro benzene ring substituents is 1. The zero-order valence-corrected chi connectivity index (χ0v) is 13.2. The van der Waals surface area contributed by atoms with E-state index < -0.39 is 4.92 Å². The maximum atomic E-state index is 10.7. The van der Waals surface area contributed by atoms with E-state index in [9.17, 15) is 10.1 Å². The molecule has 0 radical (unpaired) electrons. The summed E-state index contributed by atoms with van der Waals surface area (Å²) in [6, 6.07) is 16.9. The number of aliphatic hydroxyl groups excluding tert-OH is 1. The molecule has 0 saturated heterocycles. The highest BCUT2D eigenvalue weighted by atomic mass is 16.6. The van der Waals surface area contributed by atoms with Crippen LogP contribution in [-0.4, -0.2) is 16.6 Å². The molecule has 0 aliphatic carbocycles. The Kier molecular flexibility index (Phi) is 6.26. The van der Waals surface area contributed by atoms with Crippen LogP contribution < -0.4 is 5.32 Å². The summed E-state index contributed by atoms with van der Waals surface area (Å²) in [5.41, 5.74) is 2.27. The zero-order valence-electron chi connectivity index (χ0n) is 13.2. The van der Waals surface area contributed by atoms with Crippen molar-refractivity contribution >= 4 is 5.69 Å². The quantitative estimate of drug-likeness (QED) is 0.574. The van der Waals surface area contributed by atoms with Crippen molar-refractivity contribution in [1.29, 1.82) is 0 Å². The molecule has 2 aromatic carbocycles. The standard InChI is InChI=1S/C18H22N2O3/c1-14(15-9-11-17(12-10-15)20(22)23)19-18(8-5-13-21)16-6-3-2-4-7-16/h2-4,6-7,9-12,14,18-19,21H,5,8,13H2,1H3. The largest absolute Gasteiger partial charge is 0.396 e. The smallest absolute Gasteiger partial charge is 0.269 e. The number of rotatable bonds is 8. The molecule has 5 heteroatoms. The molecule has 0 amide bonds. The van der Waals surface area contributed by atoms with Crippen LogP contribution in [0.3, 0.4) is 0 Å². The number of nitro groups is 1. The number of nitro benzene ring substituents is 1.